The van der Waals surface area contributed by atoms with Crippen molar-refractivity contribution in [3.63, 3.8) is 0 Å². The first-order chi connectivity index (χ1) is 13.4. The summed E-state index contributed by atoms with van der Waals surface area (Å²) in [5, 5.41) is 9.23. The standard InChI is InChI=1S/C21H30N4O2S/c1-14-8-6-11-18(17(14)4)27-12-19-22-23-21(24(19)5)28-13-20(26)25-15(2)9-7-10-16(25)3/h6,8,11,15-16H,7,9-10,12-13H2,1-5H3/t15-,16-/m0/s1. The van der Waals surface area contributed by atoms with Crippen LogP contribution in [0.4, 0.5) is 0 Å². The molecule has 1 amide bonds. The third kappa shape index (κ3) is 4.51. The van der Waals surface area contributed by atoms with E-state index in [9.17, 15) is 4.79 Å². The molecule has 28 heavy (non-hydrogen) atoms. The lowest BCUT2D eigenvalue weighted by atomic mass is 9.98. The Morgan fingerprint density at radius 2 is 1.93 bits per heavy atom. The zero-order valence-electron chi connectivity index (χ0n) is 17.4. The van der Waals surface area contributed by atoms with E-state index >= 15 is 0 Å². The summed E-state index contributed by atoms with van der Waals surface area (Å²) in [6.45, 7) is 8.76. The third-order valence-corrected chi connectivity index (χ3v) is 6.65. The van der Waals surface area contributed by atoms with Gasteiger partial charge < -0.3 is 14.2 Å². The van der Waals surface area contributed by atoms with E-state index < -0.39 is 0 Å². The Bertz CT molecular complexity index is 826. The Labute approximate surface area is 171 Å². The molecular formula is C21H30N4O2S. The maximum absolute atomic E-state index is 12.7. The Kier molecular flexibility index (Phi) is 6.65. The van der Waals surface area contributed by atoms with E-state index in [1.54, 1.807) is 0 Å². The van der Waals surface area contributed by atoms with Crippen LogP contribution in [0.25, 0.3) is 0 Å². The number of aryl methyl sites for hydroxylation is 1. The molecular weight excluding hydrogens is 372 g/mol. The van der Waals surface area contributed by atoms with Gasteiger partial charge >= 0.3 is 0 Å². The predicted molar refractivity (Wildman–Crippen MR) is 112 cm³/mol. The van der Waals surface area contributed by atoms with Gasteiger partial charge in [-0.3, -0.25) is 4.79 Å². The van der Waals surface area contributed by atoms with Crippen LogP contribution in [0, 0.1) is 13.8 Å². The monoisotopic (exact) mass is 402 g/mol. The molecule has 2 heterocycles. The van der Waals surface area contributed by atoms with E-state index in [4.69, 9.17) is 4.74 Å². The number of benzene rings is 1. The fourth-order valence-corrected chi connectivity index (χ4v) is 4.53. The average molecular weight is 403 g/mol. The summed E-state index contributed by atoms with van der Waals surface area (Å²) in [7, 11) is 1.92. The number of ether oxygens (including phenoxy) is 1. The number of rotatable bonds is 6. The fraction of sp³-hybridized carbons (Fsp3) is 0.571. The fourth-order valence-electron chi connectivity index (χ4n) is 3.73. The first-order valence-corrected chi connectivity index (χ1v) is 10.9. The lowest BCUT2D eigenvalue weighted by molar-refractivity contribution is -0.134. The number of nitrogens with zero attached hydrogens (tertiary/aromatic N) is 4. The van der Waals surface area contributed by atoms with Crippen molar-refractivity contribution < 1.29 is 9.53 Å². The number of hydrogen-bond acceptors (Lipinski definition) is 5. The van der Waals surface area contributed by atoms with Crippen molar-refractivity contribution in [2.24, 2.45) is 7.05 Å². The number of carbonyl (C=O) groups is 1. The van der Waals surface area contributed by atoms with E-state index in [0.29, 0.717) is 24.4 Å². The van der Waals surface area contributed by atoms with Crippen LogP contribution >= 0.6 is 11.8 Å². The Balaban J connectivity index is 1.58. The van der Waals surface area contributed by atoms with Gasteiger partial charge in [0.1, 0.15) is 12.4 Å². The van der Waals surface area contributed by atoms with Crippen molar-refractivity contribution in [1.29, 1.82) is 0 Å². The molecule has 6 nitrogen and oxygen atoms in total. The van der Waals surface area contributed by atoms with Gasteiger partial charge in [-0.1, -0.05) is 23.9 Å². The number of carbonyl (C=O) groups excluding carboxylic acids is 1. The summed E-state index contributed by atoms with van der Waals surface area (Å²) in [6, 6.07) is 6.66. The highest BCUT2D eigenvalue weighted by Crippen LogP contribution is 2.25. The highest BCUT2D eigenvalue weighted by molar-refractivity contribution is 7.99. The third-order valence-electron chi connectivity index (χ3n) is 5.64. The first kappa shape index (κ1) is 20.7. The lowest BCUT2D eigenvalue weighted by Gasteiger charge is -2.39. The summed E-state index contributed by atoms with van der Waals surface area (Å²) in [6.07, 6.45) is 3.38. The van der Waals surface area contributed by atoms with Gasteiger partial charge in [0.05, 0.1) is 5.75 Å². The van der Waals surface area contributed by atoms with Gasteiger partial charge in [-0.2, -0.15) is 0 Å². The van der Waals surface area contributed by atoms with Crippen molar-refractivity contribution in [2.75, 3.05) is 5.75 Å². The molecule has 0 bridgehead atoms. The zero-order chi connectivity index (χ0) is 20.3. The number of likely N-dealkylation sites (tertiary alicyclic amines) is 1. The van der Waals surface area contributed by atoms with E-state index in [2.05, 4.69) is 44.0 Å². The van der Waals surface area contributed by atoms with Gasteiger partial charge in [0.25, 0.3) is 0 Å². The highest BCUT2D eigenvalue weighted by atomic mass is 32.2. The maximum Gasteiger partial charge on any atom is 0.233 e. The van der Waals surface area contributed by atoms with Crippen molar-refractivity contribution in [3.05, 3.63) is 35.2 Å². The molecule has 152 valence electrons. The minimum absolute atomic E-state index is 0.181. The molecule has 0 saturated carbocycles. The Morgan fingerprint density at radius 3 is 2.64 bits per heavy atom. The van der Waals surface area contributed by atoms with E-state index in [0.717, 1.165) is 35.1 Å². The Hall–Kier alpha value is -2.02. The molecule has 1 aliphatic heterocycles. The average Bonchev–Trinajstić information content (AvgIpc) is 3.01. The summed E-state index contributed by atoms with van der Waals surface area (Å²) in [5.41, 5.74) is 2.33. The van der Waals surface area contributed by atoms with Crippen LogP contribution in [0.5, 0.6) is 5.75 Å². The molecule has 2 atom stereocenters. The number of aromatic nitrogens is 3. The topological polar surface area (TPSA) is 60.3 Å². The molecule has 1 aliphatic rings. The Morgan fingerprint density at radius 1 is 1.21 bits per heavy atom. The quantitative estimate of drug-likeness (QED) is 0.686. The summed E-state index contributed by atoms with van der Waals surface area (Å²) >= 11 is 1.44. The van der Waals surface area contributed by atoms with Crippen molar-refractivity contribution in [1.82, 2.24) is 19.7 Å². The van der Waals surface area contributed by atoms with Gasteiger partial charge in [-0.25, -0.2) is 0 Å². The van der Waals surface area contributed by atoms with Crippen LogP contribution in [0.2, 0.25) is 0 Å². The van der Waals surface area contributed by atoms with Gasteiger partial charge in [0.2, 0.25) is 5.91 Å². The number of amides is 1. The van der Waals surface area contributed by atoms with Crippen molar-refractivity contribution in [2.45, 2.75) is 70.8 Å². The van der Waals surface area contributed by atoms with Crippen LogP contribution in [0.15, 0.2) is 23.4 Å². The normalized spacial score (nSPS) is 19.7. The summed E-state index contributed by atoms with van der Waals surface area (Å²) < 4.78 is 7.85. The second-order valence-electron chi connectivity index (χ2n) is 7.66. The van der Waals surface area contributed by atoms with Crippen LogP contribution < -0.4 is 4.74 Å². The first-order valence-electron chi connectivity index (χ1n) is 9.89. The molecule has 1 fully saturated rings. The van der Waals surface area contributed by atoms with Gasteiger partial charge in [-0.15, -0.1) is 10.2 Å². The van der Waals surface area contributed by atoms with Gasteiger partial charge in [0, 0.05) is 19.1 Å². The number of piperidine rings is 1. The van der Waals surface area contributed by atoms with E-state index in [-0.39, 0.29) is 5.91 Å². The summed E-state index contributed by atoms with van der Waals surface area (Å²) in [5.74, 6) is 2.18. The van der Waals surface area contributed by atoms with Crippen molar-refractivity contribution >= 4 is 17.7 Å². The molecule has 1 saturated heterocycles. The van der Waals surface area contributed by atoms with E-state index in [1.807, 2.05) is 28.6 Å². The predicted octanol–water partition coefficient (Wildman–Crippen LogP) is 3.89. The molecule has 0 N–H and O–H groups in total. The minimum atomic E-state index is 0.181. The smallest absolute Gasteiger partial charge is 0.233 e. The molecule has 2 aromatic rings. The number of hydrogen-bond donors (Lipinski definition) is 0. The SMILES string of the molecule is Cc1cccc(OCc2nnc(SCC(=O)N3[C@@H](C)CCC[C@@H]3C)n2C)c1C. The second-order valence-corrected chi connectivity index (χ2v) is 8.61. The molecule has 0 aliphatic carbocycles. The van der Waals surface area contributed by atoms with Crippen molar-refractivity contribution in [3.8, 4) is 5.75 Å². The van der Waals surface area contributed by atoms with Crippen LogP contribution in [0.3, 0.4) is 0 Å². The molecule has 1 aromatic carbocycles. The molecule has 7 heteroatoms. The zero-order valence-corrected chi connectivity index (χ0v) is 18.3. The highest BCUT2D eigenvalue weighted by Gasteiger charge is 2.29. The second kappa shape index (κ2) is 8.99. The van der Waals surface area contributed by atoms with Gasteiger partial charge in [0.15, 0.2) is 11.0 Å². The molecule has 0 spiro atoms. The minimum Gasteiger partial charge on any atom is -0.485 e. The lowest BCUT2D eigenvalue weighted by Crippen LogP contribution is -2.48. The molecule has 0 unspecified atom stereocenters. The van der Waals surface area contributed by atoms with Crippen LogP contribution in [-0.2, 0) is 18.4 Å². The van der Waals surface area contributed by atoms with Crippen LogP contribution in [0.1, 0.15) is 50.1 Å². The number of thioether (sulfide) groups is 1. The van der Waals surface area contributed by atoms with E-state index in [1.165, 1.54) is 23.7 Å². The molecule has 0 radical (unpaired) electrons. The molecule has 3 rings (SSSR count). The molecule has 1 aromatic heterocycles. The largest absolute Gasteiger partial charge is 0.485 e. The van der Waals surface area contributed by atoms with Gasteiger partial charge in [-0.05, 0) is 64.2 Å². The summed E-state index contributed by atoms with van der Waals surface area (Å²) in [4.78, 5) is 14.8. The maximum atomic E-state index is 12.7. The van der Waals surface area contributed by atoms with Crippen LogP contribution in [-0.4, -0.2) is 43.4 Å².